The number of hydrogen-bond acceptors (Lipinski definition) is 1. The highest BCUT2D eigenvalue weighted by atomic mass is 15.0. The summed E-state index contributed by atoms with van der Waals surface area (Å²) >= 11 is 0. The number of benzene rings is 1. The standard InChI is InChI=1S/C15H22N2/c1-13-12-14-8-4-5-9-15(14)17(13)11-7-3-2-6-10-16/h4-5,8-9,12H,2-3,6-7,10-11,16H2,1H3. The van der Waals surface area contributed by atoms with Gasteiger partial charge in [0.05, 0.1) is 0 Å². The lowest BCUT2D eigenvalue weighted by atomic mass is 10.2. The van der Waals surface area contributed by atoms with Gasteiger partial charge in [-0.05, 0) is 43.8 Å². The highest BCUT2D eigenvalue weighted by Gasteiger charge is 2.03. The maximum atomic E-state index is 5.50. The van der Waals surface area contributed by atoms with Crippen LogP contribution in [0.2, 0.25) is 0 Å². The summed E-state index contributed by atoms with van der Waals surface area (Å²) in [6.45, 7) is 4.15. The maximum Gasteiger partial charge on any atom is 0.0482 e. The van der Waals surface area contributed by atoms with Crippen molar-refractivity contribution in [3.63, 3.8) is 0 Å². The van der Waals surface area contributed by atoms with Crippen molar-refractivity contribution in [3.8, 4) is 0 Å². The number of para-hydroxylation sites is 1. The van der Waals surface area contributed by atoms with Crippen molar-refractivity contribution < 1.29 is 0 Å². The van der Waals surface area contributed by atoms with Crippen molar-refractivity contribution >= 4 is 10.9 Å². The van der Waals surface area contributed by atoms with Crippen LogP contribution in [0.1, 0.15) is 31.4 Å². The van der Waals surface area contributed by atoms with E-state index in [4.69, 9.17) is 5.73 Å². The molecule has 0 amide bonds. The quantitative estimate of drug-likeness (QED) is 0.757. The number of nitrogens with zero attached hydrogens (tertiary/aromatic N) is 1. The molecule has 0 aliphatic rings. The lowest BCUT2D eigenvalue weighted by Gasteiger charge is -2.08. The third-order valence-electron chi connectivity index (χ3n) is 3.35. The molecule has 92 valence electrons. The first-order valence-electron chi connectivity index (χ1n) is 6.58. The fraction of sp³-hybridized carbons (Fsp3) is 0.467. The van der Waals surface area contributed by atoms with Crippen LogP contribution >= 0.6 is 0 Å². The first kappa shape index (κ1) is 12.2. The molecule has 0 atom stereocenters. The Morgan fingerprint density at radius 2 is 1.82 bits per heavy atom. The van der Waals surface area contributed by atoms with Crippen molar-refractivity contribution in [1.82, 2.24) is 4.57 Å². The van der Waals surface area contributed by atoms with Crippen molar-refractivity contribution in [1.29, 1.82) is 0 Å². The first-order chi connectivity index (χ1) is 8.33. The van der Waals surface area contributed by atoms with Crippen LogP contribution in [0.3, 0.4) is 0 Å². The van der Waals surface area contributed by atoms with Crippen molar-refractivity contribution in [2.75, 3.05) is 6.54 Å². The molecule has 17 heavy (non-hydrogen) atoms. The number of nitrogens with two attached hydrogens (primary N) is 1. The van der Waals surface area contributed by atoms with Gasteiger partial charge in [-0.2, -0.15) is 0 Å². The van der Waals surface area contributed by atoms with Gasteiger partial charge in [0.25, 0.3) is 0 Å². The minimum absolute atomic E-state index is 0.825. The third-order valence-corrected chi connectivity index (χ3v) is 3.35. The SMILES string of the molecule is Cc1cc2ccccc2n1CCCCCCN. The molecule has 0 saturated heterocycles. The molecule has 0 radical (unpaired) electrons. The molecule has 0 unspecified atom stereocenters. The molecule has 0 bridgehead atoms. The van der Waals surface area contributed by atoms with Gasteiger partial charge in [0.2, 0.25) is 0 Å². The summed E-state index contributed by atoms with van der Waals surface area (Å²) in [5.41, 5.74) is 8.23. The van der Waals surface area contributed by atoms with Gasteiger partial charge in [0.15, 0.2) is 0 Å². The number of fused-ring (bicyclic) bond motifs is 1. The van der Waals surface area contributed by atoms with E-state index >= 15 is 0 Å². The summed E-state index contributed by atoms with van der Waals surface area (Å²) in [6.07, 6.45) is 4.95. The van der Waals surface area contributed by atoms with Crippen LogP contribution in [-0.2, 0) is 6.54 Å². The molecule has 0 spiro atoms. The van der Waals surface area contributed by atoms with E-state index in [1.165, 1.54) is 35.9 Å². The minimum atomic E-state index is 0.825. The molecular weight excluding hydrogens is 208 g/mol. The lowest BCUT2D eigenvalue weighted by Crippen LogP contribution is -2.01. The lowest BCUT2D eigenvalue weighted by molar-refractivity contribution is 0.578. The van der Waals surface area contributed by atoms with Gasteiger partial charge in [-0.3, -0.25) is 0 Å². The average Bonchev–Trinajstić information content (AvgIpc) is 2.65. The molecule has 0 aliphatic heterocycles. The van der Waals surface area contributed by atoms with Crippen molar-refractivity contribution in [2.24, 2.45) is 5.73 Å². The minimum Gasteiger partial charge on any atom is -0.345 e. The second kappa shape index (κ2) is 5.87. The van der Waals surface area contributed by atoms with Crippen LogP contribution in [0.4, 0.5) is 0 Å². The Morgan fingerprint density at radius 1 is 1.06 bits per heavy atom. The van der Waals surface area contributed by atoms with Crippen LogP contribution in [-0.4, -0.2) is 11.1 Å². The van der Waals surface area contributed by atoms with E-state index in [-0.39, 0.29) is 0 Å². The summed E-state index contributed by atoms with van der Waals surface area (Å²) in [5, 5.41) is 1.35. The summed E-state index contributed by atoms with van der Waals surface area (Å²) in [6, 6.07) is 10.9. The first-order valence-corrected chi connectivity index (χ1v) is 6.58. The fourth-order valence-corrected chi connectivity index (χ4v) is 2.41. The Hall–Kier alpha value is -1.28. The molecule has 2 rings (SSSR count). The molecule has 2 aromatic rings. The Bertz CT molecular complexity index is 471. The highest BCUT2D eigenvalue weighted by Crippen LogP contribution is 2.19. The summed E-state index contributed by atoms with van der Waals surface area (Å²) < 4.78 is 2.43. The molecule has 2 heteroatoms. The monoisotopic (exact) mass is 230 g/mol. The maximum absolute atomic E-state index is 5.50. The van der Waals surface area contributed by atoms with E-state index in [0.717, 1.165) is 19.5 Å². The van der Waals surface area contributed by atoms with Crippen molar-refractivity contribution in [2.45, 2.75) is 39.2 Å². The normalized spacial score (nSPS) is 11.2. The van der Waals surface area contributed by atoms with Gasteiger partial charge < -0.3 is 10.3 Å². The predicted octanol–water partition coefficient (Wildman–Crippen LogP) is 3.47. The van der Waals surface area contributed by atoms with E-state index in [1.807, 2.05) is 0 Å². The van der Waals surface area contributed by atoms with Gasteiger partial charge in [0, 0.05) is 17.8 Å². The smallest absolute Gasteiger partial charge is 0.0482 e. The number of aryl methyl sites for hydroxylation is 2. The number of hydrogen-bond donors (Lipinski definition) is 1. The Balaban J connectivity index is 2.00. The van der Waals surface area contributed by atoms with E-state index in [1.54, 1.807) is 0 Å². The molecule has 0 saturated carbocycles. The Labute approximate surface area is 103 Å². The highest BCUT2D eigenvalue weighted by molar-refractivity contribution is 5.81. The third kappa shape index (κ3) is 2.89. The van der Waals surface area contributed by atoms with Gasteiger partial charge in [0.1, 0.15) is 0 Å². The van der Waals surface area contributed by atoms with E-state index in [2.05, 4.69) is 41.8 Å². The predicted molar refractivity (Wildman–Crippen MR) is 74.2 cm³/mol. The second-order valence-electron chi connectivity index (χ2n) is 4.70. The van der Waals surface area contributed by atoms with E-state index in [0.29, 0.717) is 0 Å². The second-order valence-corrected chi connectivity index (χ2v) is 4.70. The Morgan fingerprint density at radius 3 is 2.65 bits per heavy atom. The van der Waals surface area contributed by atoms with E-state index < -0.39 is 0 Å². The molecular formula is C15H22N2. The van der Waals surface area contributed by atoms with Crippen LogP contribution in [0.25, 0.3) is 10.9 Å². The Kier molecular flexibility index (Phi) is 4.21. The molecule has 2 nitrogen and oxygen atoms in total. The number of unbranched alkanes of at least 4 members (excludes halogenated alkanes) is 3. The van der Waals surface area contributed by atoms with Crippen molar-refractivity contribution in [3.05, 3.63) is 36.0 Å². The zero-order valence-corrected chi connectivity index (χ0v) is 10.7. The van der Waals surface area contributed by atoms with Crippen LogP contribution < -0.4 is 5.73 Å². The average molecular weight is 230 g/mol. The number of rotatable bonds is 6. The topological polar surface area (TPSA) is 30.9 Å². The summed E-state index contributed by atoms with van der Waals surface area (Å²) in [7, 11) is 0. The van der Waals surface area contributed by atoms with Gasteiger partial charge in [-0.15, -0.1) is 0 Å². The summed E-state index contributed by atoms with van der Waals surface area (Å²) in [4.78, 5) is 0. The van der Waals surface area contributed by atoms with Crippen LogP contribution in [0.15, 0.2) is 30.3 Å². The summed E-state index contributed by atoms with van der Waals surface area (Å²) in [5.74, 6) is 0. The fourth-order valence-electron chi connectivity index (χ4n) is 2.41. The number of aromatic nitrogens is 1. The van der Waals surface area contributed by atoms with Gasteiger partial charge in [-0.1, -0.05) is 31.0 Å². The van der Waals surface area contributed by atoms with Crippen LogP contribution in [0, 0.1) is 6.92 Å². The molecule has 1 heterocycles. The molecule has 1 aromatic heterocycles. The van der Waals surface area contributed by atoms with Gasteiger partial charge in [-0.25, -0.2) is 0 Å². The molecule has 0 fully saturated rings. The molecule has 0 aliphatic carbocycles. The largest absolute Gasteiger partial charge is 0.345 e. The zero-order valence-electron chi connectivity index (χ0n) is 10.7. The van der Waals surface area contributed by atoms with E-state index in [9.17, 15) is 0 Å². The van der Waals surface area contributed by atoms with Gasteiger partial charge >= 0.3 is 0 Å². The molecule has 1 aromatic carbocycles. The zero-order chi connectivity index (χ0) is 12.1. The molecule has 2 N–H and O–H groups in total. The van der Waals surface area contributed by atoms with Crippen LogP contribution in [0.5, 0.6) is 0 Å².